The van der Waals surface area contributed by atoms with Crippen molar-refractivity contribution in [1.29, 1.82) is 0 Å². The quantitative estimate of drug-likeness (QED) is 0.832. The van der Waals surface area contributed by atoms with E-state index in [4.69, 9.17) is 5.73 Å². The lowest BCUT2D eigenvalue weighted by Gasteiger charge is -2.06. The Morgan fingerprint density at radius 1 is 1.35 bits per heavy atom. The highest BCUT2D eigenvalue weighted by Crippen LogP contribution is 2.26. The van der Waals surface area contributed by atoms with E-state index in [1.807, 2.05) is 25.1 Å². The molecule has 1 heterocycles. The van der Waals surface area contributed by atoms with Crippen LogP contribution in [0.3, 0.4) is 0 Å². The molecule has 0 radical (unpaired) electrons. The third-order valence-corrected chi connectivity index (χ3v) is 3.89. The van der Waals surface area contributed by atoms with Crippen LogP contribution in [0.4, 0.5) is 11.4 Å². The Balaban J connectivity index is 2.21. The minimum absolute atomic E-state index is 0.116. The predicted octanol–water partition coefficient (Wildman–Crippen LogP) is 3.65. The number of halogens is 1. The molecule has 0 bridgehead atoms. The van der Waals surface area contributed by atoms with E-state index >= 15 is 0 Å². The van der Waals surface area contributed by atoms with Crippen molar-refractivity contribution >= 4 is 44.5 Å². The summed E-state index contributed by atoms with van der Waals surface area (Å²) in [6.07, 6.45) is 0. The molecular weight excluding hydrogens is 300 g/mol. The van der Waals surface area contributed by atoms with Gasteiger partial charge in [-0.3, -0.25) is 4.79 Å². The number of carbonyl (C=O) groups is 1. The summed E-state index contributed by atoms with van der Waals surface area (Å²) in [4.78, 5) is 13.7. The number of rotatable bonds is 2. The fourth-order valence-corrected chi connectivity index (χ4v) is 2.49. The van der Waals surface area contributed by atoms with Crippen LogP contribution in [-0.2, 0) is 0 Å². The maximum absolute atomic E-state index is 11.9. The van der Waals surface area contributed by atoms with Gasteiger partial charge in [0.05, 0.1) is 10.6 Å². The molecule has 2 rings (SSSR count). The Kier molecular flexibility index (Phi) is 3.49. The molecule has 5 heteroatoms. The molecule has 17 heavy (non-hydrogen) atoms. The molecule has 1 amide bonds. The van der Waals surface area contributed by atoms with Gasteiger partial charge in [-0.05, 0) is 53.2 Å². The predicted molar refractivity (Wildman–Crippen MR) is 75.6 cm³/mol. The molecule has 1 aromatic heterocycles. The zero-order valence-corrected chi connectivity index (χ0v) is 11.6. The fourth-order valence-electron chi connectivity index (χ4n) is 1.38. The van der Waals surface area contributed by atoms with Crippen molar-refractivity contribution in [1.82, 2.24) is 0 Å². The molecule has 88 valence electrons. The Morgan fingerprint density at radius 3 is 2.76 bits per heavy atom. The van der Waals surface area contributed by atoms with Crippen LogP contribution in [0.2, 0.25) is 0 Å². The van der Waals surface area contributed by atoms with E-state index in [1.54, 1.807) is 12.1 Å². The number of hydrogen-bond donors (Lipinski definition) is 2. The molecule has 0 atom stereocenters. The number of nitrogen functional groups attached to an aromatic ring is 1. The van der Waals surface area contributed by atoms with Gasteiger partial charge in [-0.2, -0.15) is 0 Å². The summed E-state index contributed by atoms with van der Waals surface area (Å²) >= 11 is 4.84. The van der Waals surface area contributed by atoms with Gasteiger partial charge >= 0.3 is 0 Å². The van der Waals surface area contributed by atoms with Crippen LogP contribution >= 0.6 is 27.3 Å². The Morgan fingerprint density at radius 2 is 2.12 bits per heavy atom. The number of benzene rings is 1. The molecule has 0 fully saturated rings. The molecule has 3 nitrogen and oxygen atoms in total. The van der Waals surface area contributed by atoms with E-state index in [0.29, 0.717) is 16.3 Å². The molecule has 0 saturated heterocycles. The van der Waals surface area contributed by atoms with E-state index in [9.17, 15) is 4.79 Å². The minimum Gasteiger partial charge on any atom is -0.399 e. The van der Waals surface area contributed by atoms with Crippen LogP contribution in [0.15, 0.2) is 34.8 Å². The number of nitrogens with two attached hydrogens (primary N) is 1. The van der Waals surface area contributed by atoms with Crippen LogP contribution in [0, 0.1) is 6.92 Å². The lowest BCUT2D eigenvalue weighted by Crippen LogP contribution is -2.10. The summed E-state index contributed by atoms with van der Waals surface area (Å²) in [6, 6.07) is 9.05. The van der Waals surface area contributed by atoms with Crippen molar-refractivity contribution in [3.63, 3.8) is 0 Å². The van der Waals surface area contributed by atoms with E-state index in [-0.39, 0.29) is 5.91 Å². The first-order valence-corrected chi connectivity index (χ1v) is 6.60. The maximum atomic E-state index is 11.9. The molecular formula is C12H11BrN2OS. The number of anilines is 2. The summed E-state index contributed by atoms with van der Waals surface area (Å²) in [5.41, 5.74) is 6.97. The molecule has 1 aromatic carbocycles. The highest BCUT2D eigenvalue weighted by atomic mass is 79.9. The first kappa shape index (κ1) is 12.1. The molecule has 0 saturated carbocycles. The van der Waals surface area contributed by atoms with E-state index < -0.39 is 0 Å². The zero-order chi connectivity index (χ0) is 12.4. The Bertz CT molecular complexity index is 565. The van der Waals surface area contributed by atoms with Crippen molar-refractivity contribution in [2.75, 3.05) is 11.1 Å². The number of aryl methyl sites for hydroxylation is 1. The highest BCUT2D eigenvalue weighted by Gasteiger charge is 2.10. The summed E-state index contributed by atoms with van der Waals surface area (Å²) in [5.74, 6) is -0.116. The average molecular weight is 311 g/mol. The molecule has 0 aliphatic heterocycles. The minimum atomic E-state index is -0.116. The van der Waals surface area contributed by atoms with Crippen LogP contribution in [0.25, 0.3) is 0 Å². The number of amides is 1. The number of thiophene rings is 1. The number of carbonyl (C=O) groups excluding carboxylic acids is 1. The summed E-state index contributed by atoms with van der Waals surface area (Å²) in [6.45, 7) is 1.97. The van der Waals surface area contributed by atoms with Crippen molar-refractivity contribution in [2.45, 2.75) is 6.92 Å². The first-order chi connectivity index (χ1) is 8.06. The van der Waals surface area contributed by atoms with E-state index in [2.05, 4.69) is 21.2 Å². The topological polar surface area (TPSA) is 55.1 Å². The van der Waals surface area contributed by atoms with E-state index in [1.165, 1.54) is 11.3 Å². The second-order valence-corrected chi connectivity index (χ2v) is 5.75. The fraction of sp³-hybridized carbons (Fsp3) is 0.0833. The summed E-state index contributed by atoms with van der Waals surface area (Å²) in [7, 11) is 0. The second-order valence-electron chi connectivity index (χ2n) is 3.60. The third-order valence-electron chi connectivity index (χ3n) is 2.20. The summed E-state index contributed by atoms with van der Waals surface area (Å²) < 4.78 is 0.813. The van der Waals surface area contributed by atoms with Gasteiger partial charge in [0.15, 0.2) is 0 Å². The molecule has 0 spiro atoms. The molecule has 0 unspecified atom stereocenters. The number of nitrogens with one attached hydrogen (secondary N) is 1. The average Bonchev–Trinajstić information content (AvgIpc) is 2.70. The van der Waals surface area contributed by atoms with Crippen LogP contribution in [-0.4, -0.2) is 5.91 Å². The van der Waals surface area contributed by atoms with Gasteiger partial charge in [0.2, 0.25) is 0 Å². The van der Waals surface area contributed by atoms with Gasteiger partial charge in [0, 0.05) is 15.0 Å². The molecule has 3 N–H and O–H groups in total. The SMILES string of the molecule is Cc1ccc(C(=O)Nc2cc(N)ccc2Br)s1. The monoisotopic (exact) mass is 310 g/mol. The van der Waals surface area contributed by atoms with Crippen molar-refractivity contribution in [2.24, 2.45) is 0 Å². The van der Waals surface area contributed by atoms with Gasteiger partial charge in [0.25, 0.3) is 5.91 Å². The van der Waals surface area contributed by atoms with Gasteiger partial charge in [-0.1, -0.05) is 0 Å². The largest absolute Gasteiger partial charge is 0.399 e. The molecule has 0 aliphatic rings. The van der Waals surface area contributed by atoms with E-state index in [0.717, 1.165) is 9.35 Å². The normalized spacial score (nSPS) is 10.2. The Labute approximate surface area is 112 Å². The third kappa shape index (κ3) is 2.87. The van der Waals surface area contributed by atoms with Crippen molar-refractivity contribution in [3.05, 3.63) is 44.6 Å². The van der Waals surface area contributed by atoms with Gasteiger partial charge in [0.1, 0.15) is 0 Å². The van der Waals surface area contributed by atoms with Crippen LogP contribution < -0.4 is 11.1 Å². The van der Waals surface area contributed by atoms with Gasteiger partial charge < -0.3 is 11.1 Å². The number of hydrogen-bond acceptors (Lipinski definition) is 3. The van der Waals surface area contributed by atoms with Gasteiger partial charge in [-0.15, -0.1) is 11.3 Å². The Hall–Kier alpha value is -1.33. The van der Waals surface area contributed by atoms with Crippen LogP contribution in [0.5, 0.6) is 0 Å². The lowest BCUT2D eigenvalue weighted by molar-refractivity contribution is 0.103. The molecule has 0 aliphatic carbocycles. The first-order valence-electron chi connectivity index (χ1n) is 4.99. The van der Waals surface area contributed by atoms with Crippen LogP contribution in [0.1, 0.15) is 14.5 Å². The zero-order valence-electron chi connectivity index (χ0n) is 9.16. The van der Waals surface area contributed by atoms with Crippen molar-refractivity contribution < 1.29 is 4.79 Å². The van der Waals surface area contributed by atoms with Gasteiger partial charge in [-0.25, -0.2) is 0 Å². The summed E-state index contributed by atoms with van der Waals surface area (Å²) in [5, 5.41) is 2.83. The maximum Gasteiger partial charge on any atom is 0.265 e. The highest BCUT2D eigenvalue weighted by molar-refractivity contribution is 9.10. The lowest BCUT2D eigenvalue weighted by atomic mass is 10.3. The molecule has 2 aromatic rings. The van der Waals surface area contributed by atoms with Crippen molar-refractivity contribution in [3.8, 4) is 0 Å². The second kappa shape index (κ2) is 4.89. The smallest absolute Gasteiger partial charge is 0.265 e. The standard InChI is InChI=1S/C12H11BrN2OS/c1-7-2-5-11(17-7)12(16)15-10-6-8(14)3-4-9(10)13/h2-6H,14H2,1H3,(H,15,16).